The summed E-state index contributed by atoms with van der Waals surface area (Å²) in [5.41, 5.74) is 0. The van der Waals surface area contributed by atoms with E-state index < -0.39 is 0 Å². The predicted octanol–water partition coefficient (Wildman–Crippen LogP) is 4.02. The molecule has 0 aliphatic rings. The van der Waals surface area contributed by atoms with Gasteiger partial charge in [-0.2, -0.15) is 0 Å². The van der Waals surface area contributed by atoms with Crippen molar-refractivity contribution in [3.63, 3.8) is 0 Å². The standard InChI is InChI=1S/C13H22BrN3S.HI/c1-4-10(3)17-13(15-5-2)16-9-8-11-6-7-12(14)18-11;/h6-7,10H,4-5,8-9H2,1-3H3,(H2,15,16,17);1H. The Bertz CT molecular complexity index is 382. The molecule has 0 aliphatic heterocycles. The van der Waals surface area contributed by atoms with Gasteiger partial charge in [0.2, 0.25) is 0 Å². The number of aliphatic imine (C=N–C) groups is 1. The Hall–Kier alpha value is 0.180. The van der Waals surface area contributed by atoms with E-state index in [1.807, 2.05) is 0 Å². The van der Waals surface area contributed by atoms with E-state index in [1.165, 1.54) is 8.66 Å². The quantitative estimate of drug-likeness (QED) is 0.383. The third-order valence-corrected chi connectivity index (χ3v) is 4.28. The number of hydrogen-bond donors (Lipinski definition) is 2. The van der Waals surface area contributed by atoms with Gasteiger partial charge in [-0.3, -0.25) is 4.99 Å². The fourth-order valence-corrected chi connectivity index (χ4v) is 2.89. The lowest BCUT2D eigenvalue weighted by molar-refractivity contribution is 0.624. The van der Waals surface area contributed by atoms with Crippen molar-refractivity contribution in [2.24, 2.45) is 4.99 Å². The van der Waals surface area contributed by atoms with Gasteiger partial charge in [0.1, 0.15) is 0 Å². The van der Waals surface area contributed by atoms with Gasteiger partial charge in [-0.25, -0.2) is 0 Å². The average molecular weight is 460 g/mol. The summed E-state index contributed by atoms with van der Waals surface area (Å²) < 4.78 is 1.19. The van der Waals surface area contributed by atoms with Crippen LogP contribution in [-0.4, -0.2) is 25.1 Å². The number of thiophene rings is 1. The van der Waals surface area contributed by atoms with E-state index in [0.717, 1.165) is 31.9 Å². The van der Waals surface area contributed by atoms with E-state index in [2.05, 4.69) is 64.5 Å². The molecule has 0 radical (unpaired) electrons. The molecular formula is C13H23BrIN3S. The molecule has 1 aromatic heterocycles. The third-order valence-electron chi connectivity index (χ3n) is 2.60. The lowest BCUT2D eigenvalue weighted by atomic mass is 10.3. The number of rotatable bonds is 6. The second-order valence-electron chi connectivity index (χ2n) is 4.17. The number of guanidine groups is 1. The normalized spacial score (nSPS) is 12.7. The van der Waals surface area contributed by atoms with Crippen LogP contribution in [0.25, 0.3) is 0 Å². The summed E-state index contributed by atoms with van der Waals surface area (Å²) in [5, 5.41) is 6.66. The van der Waals surface area contributed by atoms with E-state index in [4.69, 9.17) is 0 Å². The molecule has 3 nitrogen and oxygen atoms in total. The fraction of sp³-hybridized carbons (Fsp3) is 0.615. The maximum Gasteiger partial charge on any atom is 0.191 e. The molecule has 1 aromatic rings. The molecule has 0 saturated carbocycles. The van der Waals surface area contributed by atoms with Crippen molar-refractivity contribution in [1.29, 1.82) is 0 Å². The molecule has 1 rings (SSSR count). The predicted molar refractivity (Wildman–Crippen MR) is 100 cm³/mol. The summed E-state index contributed by atoms with van der Waals surface area (Å²) in [4.78, 5) is 5.96. The highest BCUT2D eigenvalue weighted by Crippen LogP contribution is 2.22. The van der Waals surface area contributed by atoms with Crippen LogP contribution in [0, 0.1) is 0 Å². The summed E-state index contributed by atoms with van der Waals surface area (Å²) in [6.45, 7) is 8.14. The Morgan fingerprint density at radius 2 is 2.16 bits per heavy atom. The molecule has 0 amide bonds. The van der Waals surface area contributed by atoms with E-state index in [0.29, 0.717) is 6.04 Å². The summed E-state index contributed by atoms with van der Waals surface area (Å²) in [7, 11) is 0. The van der Waals surface area contributed by atoms with Crippen molar-refractivity contribution in [2.45, 2.75) is 39.7 Å². The second kappa shape index (κ2) is 10.9. The van der Waals surface area contributed by atoms with Crippen molar-refractivity contribution < 1.29 is 0 Å². The molecule has 110 valence electrons. The molecule has 0 fully saturated rings. The first-order valence-electron chi connectivity index (χ1n) is 6.44. The highest BCUT2D eigenvalue weighted by molar-refractivity contribution is 14.0. The average Bonchev–Trinajstić information content (AvgIpc) is 2.75. The molecule has 1 unspecified atom stereocenters. The summed E-state index contributed by atoms with van der Waals surface area (Å²) >= 11 is 5.26. The Labute approximate surface area is 145 Å². The molecule has 0 bridgehead atoms. The number of hydrogen-bond acceptors (Lipinski definition) is 2. The van der Waals surface area contributed by atoms with Gasteiger partial charge >= 0.3 is 0 Å². The maximum absolute atomic E-state index is 4.59. The SMILES string of the molecule is CCNC(=NCCc1ccc(Br)s1)NC(C)CC.I. The fourth-order valence-electron chi connectivity index (χ4n) is 1.42. The molecule has 0 saturated heterocycles. The zero-order valence-electron chi connectivity index (χ0n) is 11.7. The van der Waals surface area contributed by atoms with Crippen LogP contribution in [0.3, 0.4) is 0 Å². The molecule has 0 spiro atoms. The second-order valence-corrected chi connectivity index (χ2v) is 6.72. The molecule has 1 heterocycles. The first-order valence-corrected chi connectivity index (χ1v) is 8.05. The topological polar surface area (TPSA) is 36.4 Å². The van der Waals surface area contributed by atoms with E-state index in [-0.39, 0.29) is 24.0 Å². The zero-order chi connectivity index (χ0) is 13.4. The third kappa shape index (κ3) is 8.14. The van der Waals surface area contributed by atoms with Gasteiger partial charge < -0.3 is 10.6 Å². The summed E-state index contributed by atoms with van der Waals surface area (Å²) in [5.74, 6) is 0.919. The van der Waals surface area contributed by atoms with E-state index >= 15 is 0 Å². The Balaban J connectivity index is 0.00000324. The monoisotopic (exact) mass is 459 g/mol. The maximum atomic E-state index is 4.59. The van der Waals surface area contributed by atoms with E-state index in [1.54, 1.807) is 11.3 Å². The molecule has 6 heteroatoms. The van der Waals surface area contributed by atoms with Crippen molar-refractivity contribution >= 4 is 57.2 Å². The van der Waals surface area contributed by atoms with Gasteiger partial charge in [-0.05, 0) is 48.3 Å². The Morgan fingerprint density at radius 3 is 2.68 bits per heavy atom. The minimum atomic E-state index is 0. The van der Waals surface area contributed by atoms with Crippen LogP contribution in [0.15, 0.2) is 20.9 Å². The lowest BCUT2D eigenvalue weighted by Gasteiger charge is -2.16. The Kier molecular flexibility index (Phi) is 11.0. The molecule has 1 atom stereocenters. The van der Waals surface area contributed by atoms with Crippen molar-refractivity contribution in [1.82, 2.24) is 10.6 Å². The minimum absolute atomic E-state index is 0. The lowest BCUT2D eigenvalue weighted by Crippen LogP contribution is -2.42. The Morgan fingerprint density at radius 1 is 1.42 bits per heavy atom. The first-order chi connectivity index (χ1) is 8.65. The van der Waals surface area contributed by atoms with Crippen molar-refractivity contribution in [3.05, 3.63) is 20.8 Å². The van der Waals surface area contributed by atoms with Gasteiger partial charge in [0.15, 0.2) is 5.96 Å². The van der Waals surface area contributed by atoms with Crippen molar-refractivity contribution in [2.75, 3.05) is 13.1 Å². The highest BCUT2D eigenvalue weighted by atomic mass is 127. The number of nitrogens with zero attached hydrogens (tertiary/aromatic N) is 1. The summed E-state index contributed by atoms with van der Waals surface area (Å²) in [6, 6.07) is 4.70. The minimum Gasteiger partial charge on any atom is -0.357 e. The molecular weight excluding hydrogens is 437 g/mol. The number of nitrogens with one attached hydrogen (secondary N) is 2. The highest BCUT2D eigenvalue weighted by Gasteiger charge is 2.02. The number of halogens is 2. The van der Waals surface area contributed by atoms with Gasteiger partial charge in [0, 0.05) is 30.4 Å². The zero-order valence-corrected chi connectivity index (χ0v) is 16.4. The van der Waals surface area contributed by atoms with Crippen LogP contribution in [0.1, 0.15) is 32.1 Å². The van der Waals surface area contributed by atoms with Crippen LogP contribution < -0.4 is 10.6 Å². The van der Waals surface area contributed by atoms with Gasteiger partial charge in [-0.15, -0.1) is 35.3 Å². The van der Waals surface area contributed by atoms with Crippen molar-refractivity contribution in [3.8, 4) is 0 Å². The van der Waals surface area contributed by atoms with Crippen LogP contribution in [0.4, 0.5) is 0 Å². The van der Waals surface area contributed by atoms with Crippen LogP contribution >= 0.6 is 51.2 Å². The van der Waals surface area contributed by atoms with Crippen LogP contribution in [-0.2, 0) is 6.42 Å². The van der Waals surface area contributed by atoms with Crippen LogP contribution in [0.2, 0.25) is 0 Å². The largest absolute Gasteiger partial charge is 0.357 e. The summed E-state index contributed by atoms with van der Waals surface area (Å²) in [6.07, 6.45) is 2.09. The van der Waals surface area contributed by atoms with E-state index in [9.17, 15) is 0 Å². The van der Waals surface area contributed by atoms with Gasteiger partial charge in [0.25, 0.3) is 0 Å². The first kappa shape index (κ1) is 19.2. The van der Waals surface area contributed by atoms with Gasteiger partial charge in [0.05, 0.1) is 3.79 Å². The van der Waals surface area contributed by atoms with Crippen LogP contribution in [0.5, 0.6) is 0 Å². The smallest absolute Gasteiger partial charge is 0.191 e. The molecule has 2 N–H and O–H groups in total. The molecule has 0 aromatic carbocycles. The molecule has 0 aliphatic carbocycles. The van der Waals surface area contributed by atoms with Gasteiger partial charge in [-0.1, -0.05) is 6.92 Å². The molecule has 19 heavy (non-hydrogen) atoms.